The van der Waals surface area contributed by atoms with Gasteiger partial charge in [-0.3, -0.25) is 0 Å². The zero-order valence-corrected chi connectivity index (χ0v) is 7.01. The Kier molecular flexibility index (Phi) is 3.42. The van der Waals surface area contributed by atoms with E-state index < -0.39 is 24.6 Å². The molecule has 5 nitrogen and oxygen atoms in total. The van der Waals surface area contributed by atoms with Gasteiger partial charge in [0.05, 0.1) is 6.10 Å². The fourth-order valence-corrected chi connectivity index (χ4v) is 1.26. The Morgan fingerprint density at radius 2 is 2.25 bits per heavy atom. The molecule has 1 aliphatic heterocycles. The van der Waals surface area contributed by atoms with E-state index in [0.29, 0.717) is 0 Å². The largest absolute Gasteiger partial charge is 0.390 e. The smallest absolute Gasteiger partial charge is 0.160 e. The first kappa shape index (κ1) is 9.88. The van der Waals surface area contributed by atoms with Gasteiger partial charge in [-0.1, -0.05) is 0 Å². The highest BCUT2D eigenvalue weighted by Gasteiger charge is 2.35. The lowest BCUT2D eigenvalue weighted by atomic mass is 10.0. The quantitative estimate of drug-likeness (QED) is 0.474. The molecule has 0 amide bonds. The summed E-state index contributed by atoms with van der Waals surface area (Å²) in [6.45, 7) is 0.179. The second-order valence-corrected chi connectivity index (χ2v) is 2.87. The van der Waals surface area contributed by atoms with Crippen LogP contribution in [0, 0.1) is 0 Å². The van der Waals surface area contributed by atoms with Crippen molar-refractivity contribution in [2.75, 3.05) is 13.7 Å². The number of nitrogens with two attached hydrogens (primary N) is 1. The van der Waals surface area contributed by atoms with Crippen molar-refractivity contribution in [1.82, 2.24) is 0 Å². The van der Waals surface area contributed by atoms with Crippen LogP contribution in [0.1, 0.15) is 6.42 Å². The Morgan fingerprint density at radius 1 is 1.58 bits per heavy atom. The van der Waals surface area contributed by atoms with Crippen molar-refractivity contribution in [2.24, 2.45) is 5.73 Å². The number of hydrogen-bond acceptors (Lipinski definition) is 5. The van der Waals surface area contributed by atoms with Gasteiger partial charge in [-0.2, -0.15) is 0 Å². The van der Waals surface area contributed by atoms with Crippen molar-refractivity contribution in [3.8, 4) is 0 Å². The minimum atomic E-state index is -0.901. The molecule has 4 atom stereocenters. The van der Waals surface area contributed by atoms with E-state index in [1.165, 1.54) is 7.11 Å². The molecule has 1 saturated heterocycles. The number of ether oxygens (including phenoxy) is 2. The van der Waals surface area contributed by atoms with Crippen molar-refractivity contribution in [2.45, 2.75) is 31.0 Å². The van der Waals surface area contributed by atoms with Crippen LogP contribution in [0.25, 0.3) is 0 Å². The Morgan fingerprint density at radius 3 is 2.75 bits per heavy atom. The molecule has 0 aromatic carbocycles. The molecule has 0 bridgehead atoms. The Balaban J connectivity index is 2.52. The first-order chi connectivity index (χ1) is 5.69. The third kappa shape index (κ3) is 1.94. The first-order valence-electron chi connectivity index (χ1n) is 3.93. The Hall–Kier alpha value is -0.200. The average molecular weight is 177 g/mol. The maximum atomic E-state index is 9.34. The van der Waals surface area contributed by atoms with Crippen LogP contribution >= 0.6 is 0 Å². The van der Waals surface area contributed by atoms with Gasteiger partial charge >= 0.3 is 0 Å². The van der Waals surface area contributed by atoms with Crippen molar-refractivity contribution < 1.29 is 19.7 Å². The molecule has 4 N–H and O–H groups in total. The van der Waals surface area contributed by atoms with Gasteiger partial charge in [0.2, 0.25) is 0 Å². The molecular formula is C7H15NO4. The van der Waals surface area contributed by atoms with Crippen LogP contribution in [0.5, 0.6) is 0 Å². The van der Waals surface area contributed by atoms with E-state index in [2.05, 4.69) is 0 Å². The summed E-state index contributed by atoms with van der Waals surface area (Å²) in [7, 11) is 1.49. The minimum Gasteiger partial charge on any atom is -0.390 e. The minimum absolute atomic E-state index is 0.179. The zero-order chi connectivity index (χ0) is 9.14. The summed E-state index contributed by atoms with van der Waals surface area (Å²) in [6.07, 6.45) is -2.41. The van der Waals surface area contributed by atoms with E-state index >= 15 is 0 Å². The number of rotatable bonds is 2. The molecule has 0 spiro atoms. The Labute approximate surface area is 71.1 Å². The van der Waals surface area contributed by atoms with E-state index in [1.807, 2.05) is 0 Å². The van der Waals surface area contributed by atoms with Crippen LogP contribution in [0.15, 0.2) is 0 Å². The molecule has 1 rings (SSSR count). The molecule has 1 aliphatic rings. The van der Waals surface area contributed by atoms with Gasteiger partial charge in [0.25, 0.3) is 0 Å². The molecule has 1 heterocycles. The summed E-state index contributed by atoms with van der Waals surface area (Å²) in [5.74, 6) is 0. The first-order valence-corrected chi connectivity index (χ1v) is 3.93. The predicted molar refractivity (Wildman–Crippen MR) is 41.4 cm³/mol. The summed E-state index contributed by atoms with van der Waals surface area (Å²) in [5, 5.41) is 18.7. The third-order valence-electron chi connectivity index (χ3n) is 2.03. The Bertz CT molecular complexity index is 143. The van der Waals surface area contributed by atoms with Crippen LogP contribution in [-0.2, 0) is 9.47 Å². The molecule has 0 aromatic heterocycles. The number of aliphatic hydroxyl groups excluding tert-OH is 2. The normalized spacial score (nSPS) is 43.0. The van der Waals surface area contributed by atoms with Crippen LogP contribution in [-0.4, -0.2) is 48.5 Å². The lowest BCUT2D eigenvalue weighted by Gasteiger charge is -2.35. The SMILES string of the molecule is CO[C@@H]1C[C@@H](O)[C@H](O)[C@@H](CN)O1. The topological polar surface area (TPSA) is 84.9 Å². The fourth-order valence-electron chi connectivity index (χ4n) is 1.26. The van der Waals surface area contributed by atoms with E-state index in [4.69, 9.17) is 15.2 Å². The summed E-state index contributed by atoms with van der Waals surface area (Å²) >= 11 is 0. The maximum Gasteiger partial charge on any atom is 0.160 e. The van der Waals surface area contributed by atoms with Crippen LogP contribution in [0.3, 0.4) is 0 Å². The highest BCUT2D eigenvalue weighted by Crippen LogP contribution is 2.19. The van der Waals surface area contributed by atoms with E-state index in [-0.39, 0.29) is 13.0 Å². The van der Waals surface area contributed by atoms with Crippen molar-refractivity contribution in [3.05, 3.63) is 0 Å². The monoisotopic (exact) mass is 177 g/mol. The highest BCUT2D eigenvalue weighted by atomic mass is 16.7. The molecular weight excluding hydrogens is 162 g/mol. The van der Waals surface area contributed by atoms with Crippen LogP contribution in [0.2, 0.25) is 0 Å². The van der Waals surface area contributed by atoms with Gasteiger partial charge in [-0.05, 0) is 0 Å². The summed E-state index contributed by atoms with van der Waals surface area (Å²) in [6, 6.07) is 0. The fraction of sp³-hybridized carbons (Fsp3) is 1.00. The standard InChI is InChI=1S/C7H15NO4/c1-11-6-2-4(9)7(10)5(3-8)12-6/h4-7,9-10H,2-3,8H2,1H3/t4-,5-,6+,7+/m1/s1. The zero-order valence-electron chi connectivity index (χ0n) is 7.01. The molecule has 72 valence electrons. The average Bonchev–Trinajstić information content (AvgIpc) is 2.09. The molecule has 1 fully saturated rings. The van der Waals surface area contributed by atoms with E-state index in [9.17, 15) is 10.2 Å². The van der Waals surface area contributed by atoms with Gasteiger partial charge in [0.15, 0.2) is 6.29 Å². The molecule has 12 heavy (non-hydrogen) atoms. The van der Waals surface area contributed by atoms with Crippen molar-refractivity contribution >= 4 is 0 Å². The maximum absolute atomic E-state index is 9.34. The second kappa shape index (κ2) is 4.15. The van der Waals surface area contributed by atoms with Crippen molar-refractivity contribution in [1.29, 1.82) is 0 Å². The van der Waals surface area contributed by atoms with Gasteiger partial charge < -0.3 is 25.4 Å². The van der Waals surface area contributed by atoms with Gasteiger partial charge in [-0.25, -0.2) is 0 Å². The number of aliphatic hydroxyl groups is 2. The molecule has 0 aliphatic carbocycles. The summed E-state index contributed by atoms with van der Waals surface area (Å²) in [5.41, 5.74) is 5.32. The molecule has 0 aromatic rings. The van der Waals surface area contributed by atoms with Gasteiger partial charge in [-0.15, -0.1) is 0 Å². The number of hydrogen-bond donors (Lipinski definition) is 3. The molecule has 5 heteroatoms. The van der Waals surface area contributed by atoms with Gasteiger partial charge in [0, 0.05) is 20.1 Å². The lowest BCUT2D eigenvalue weighted by Crippen LogP contribution is -2.51. The predicted octanol–water partition coefficient (Wildman–Crippen LogP) is -1.57. The van der Waals surface area contributed by atoms with E-state index in [1.54, 1.807) is 0 Å². The molecule has 0 saturated carbocycles. The van der Waals surface area contributed by atoms with Crippen LogP contribution < -0.4 is 5.73 Å². The second-order valence-electron chi connectivity index (χ2n) is 2.87. The summed E-state index contributed by atoms with van der Waals surface area (Å²) < 4.78 is 10.1. The number of methoxy groups -OCH3 is 1. The molecule has 0 unspecified atom stereocenters. The lowest BCUT2D eigenvalue weighted by molar-refractivity contribution is -0.239. The highest BCUT2D eigenvalue weighted by molar-refractivity contribution is 4.83. The molecule has 0 radical (unpaired) electrons. The van der Waals surface area contributed by atoms with E-state index in [0.717, 1.165) is 0 Å². The van der Waals surface area contributed by atoms with Crippen LogP contribution in [0.4, 0.5) is 0 Å². The third-order valence-corrected chi connectivity index (χ3v) is 2.03. The summed E-state index contributed by atoms with van der Waals surface area (Å²) in [4.78, 5) is 0. The van der Waals surface area contributed by atoms with Crippen molar-refractivity contribution in [3.63, 3.8) is 0 Å². The van der Waals surface area contributed by atoms with Gasteiger partial charge in [0.1, 0.15) is 12.2 Å².